The van der Waals surface area contributed by atoms with Gasteiger partial charge in [-0.1, -0.05) is 192 Å². The summed E-state index contributed by atoms with van der Waals surface area (Å²) in [7, 11) is 0. The second-order valence-corrected chi connectivity index (χ2v) is 23.5. The number of carbonyl (C=O) groups is 3. The molecule has 0 amide bonds. The number of carbonyl (C=O) groups excluding carboxylic acids is 3. The molecule has 0 aliphatic carbocycles. The van der Waals surface area contributed by atoms with E-state index in [0.29, 0.717) is 53.4 Å². The SMILES string of the molecule is CCC(=O)O/N=C(\Cc1ccccc1C)c1cn(-c2ccccn2)c2ccccc12.Cc1ccccc1C/C(=N\OC(=O)c1ccccc1)c1cn(-c2ccco2)c2ccccc12.Cc1ccccc1C/C(=N\OC(=O)c1ccccc1)c1cn(-c2cccs2)c2ccccc12. The Morgan fingerprint density at radius 3 is 1.28 bits per heavy atom. The van der Waals surface area contributed by atoms with Crippen LogP contribution in [-0.4, -0.2) is 53.7 Å². The molecular weight excluding hydrogens is 1210 g/mol. The van der Waals surface area contributed by atoms with Gasteiger partial charge in [-0.15, -0.1) is 11.3 Å². The maximum atomic E-state index is 12.6. The van der Waals surface area contributed by atoms with Crippen LogP contribution in [0.4, 0.5) is 0 Å². The lowest BCUT2D eigenvalue weighted by Crippen LogP contribution is -2.10. The molecule has 6 aromatic heterocycles. The highest BCUT2D eigenvalue weighted by Crippen LogP contribution is 2.32. The van der Waals surface area contributed by atoms with E-state index in [0.717, 1.165) is 82.5 Å². The molecule has 6 heterocycles. The zero-order valence-corrected chi connectivity index (χ0v) is 54.2. The third-order valence-electron chi connectivity index (χ3n) is 16.4. The third kappa shape index (κ3) is 15.0. The van der Waals surface area contributed by atoms with Crippen LogP contribution in [0.1, 0.15) is 84.1 Å². The van der Waals surface area contributed by atoms with E-state index in [1.165, 1.54) is 11.1 Å². The molecule has 0 saturated carbocycles. The Morgan fingerprint density at radius 2 is 0.844 bits per heavy atom. The Bertz CT molecular complexity index is 4860. The Hall–Kier alpha value is -12.1. The molecule has 15 heteroatoms. The maximum absolute atomic E-state index is 12.6. The molecule has 8 aromatic carbocycles. The zero-order valence-electron chi connectivity index (χ0n) is 53.4. The van der Waals surface area contributed by atoms with Crippen LogP contribution in [0.5, 0.6) is 0 Å². The van der Waals surface area contributed by atoms with Crippen LogP contribution in [0.3, 0.4) is 0 Å². The van der Waals surface area contributed by atoms with Gasteiger partial charge in [0.1, 0.15) is 5.82 Å². The number of aryl methyl sites for hydroxylation is 3. The average molecular weight is 1280 g/mol. The zero-order chi connectivity index (χ0) is 66.2. The monoisotopic (exact) mass is 1280 g/mol. The highest BCUT2D eigenvalue weighted by atomic mass is 32.1. The van der Waals surface area contributed by atoms with Gasteiger partial charge < -0.3 is 28.1 Å². The van der Waals surface area contributed by atoms with Crippen molar-refractivity contribution in [1.29, 1.82) is 0 Å². The summed E-state index contributed by atoms with van der Waals surface area (Å²) in [4.78, 5) is 57.6. The van der Waals surface area contributed by atoms with Crippen LogP contribution < -0.4 is 0 Å². The second-order valence-electron chi connectivity index (χ2n) is 22.6. The first kappa shape index (κ1) is 64.1. The first-order valence-electron chi connectivity index (χ1n) is 31.5. The summed E-state index contributed by atoms with van der Waals surface area (Å²) in [5.41, 5.74) is 15.7. The van der Waals surface area contributed by atoms with Gasteiger partial charge in [0.2, 0.25) is 5.88 Å². The second kappa shape index (κ2) is 30.6. The lowest BCUT2D eigenvalue weighted by Gasteiger charge is -2.08. The van der Waals surface area contributed by atoms with Crippen LogP contribution in [-0.2, 0) is 38.6 Å². The minimum atomic E-state index is -0.493. The fraction of sp³-hybridized carbons (Fsp3) is 0.0988. The third-order valence-corrected chi connectivity index (χ3v) is 17.2. The summed E-state index contributed by atoms with van der Waals surface area (Å²) in [6, 6.07) is 80.4. The van der Waals surface area contributed by atoms with Crippen molar-refractivity contribution >= 4 is 79.1 Å². The van der Waals surface area contributed by atoms with Gasteiger partial charge in [0.05, 0.1) is 56.1 Å². The first-order chi connectivity index (χ1) is 47.1. The van der Waals surface area contributed by atoms with E-state index < -0.39 is 11.9 Å². The van der Waals surface area contributed by atoms with Gasteiger partial charge in [-0.25, -0.2) is 19.4 Å². The maximum Gasteiger partial charge on any atom is 0.365 e. The fourth-order valence-corrected chi connectivity index (χ4v) is 11.9. The van der Waals surface area contributed by atoms with Crippen molar-refractivity contribution in [2.24, 2.45) is 15.5 Å². The summed E-state index contributed by atoms with van der Waals surface area (Å²) in [5.74, 6) is 0.202. The lowest BCUT2D eigenvalue weighted by molar-refractivity contribution is -0.143. The highest BCUT2D eigenvalue weighted by Gasteiger charge is 2.22. The van der Waals surface area contributed by atoms with Crippen molar-refractivity contribution < 1.29 is 33.3 Å². The van der Waals surface area contributed by atoms with Crippen LogP contribution in [0.2, 0.25) is 0 Å². The van der Waals surface area contributed by atoms with Gasteiger partial charge in [0.15, 0.2) is 0 Å². The minimum Gasteiger partial charge on any atom is -0.448 e. The number of benzene rings is 8. The molecular formula is C81H67N7O7S. The van der Waals surface area contributed by atoms with Gasteiger partial charge in [-0.2, -0.15) is 0 Å². The number of pyridine rings is 1. The molecule has 0 spiro atoms. The molecule has 0 atom stereocenters. The van der Waals surface area contributed by atoms with Gasteiger partial charge in [0.25, 0.3) is 0 Å². The molecule has 0 unspecified atom stereocenters. The average Bonchev–Trinajstić information content (AvgIpc) is 1.65. The standard InChI is InChI=1S/C28H22N2O3.C28H22N2O2S.C25H23N3O2/c1-20-10-5-6-13-22(20)18-25(29-33-28(31)21-11-3-2-4-12-21)24-19-30(27-16-9-17-32-27)26-15-8-7-14-23(24)26;1-20-10-5-6-13-22(20)18-25(29-32-28(31)21-11-3-2-4-12-21)24-19-30(27-16-9-17-33-27)26-15-8-7-14-23(24)26;1-3-25(29)30-27-22(16-19-11-5-4-10-18(19)2)21-17-28(24-14-8-9-15-26-24)23-13-7-6-12-20(21)23/h2*2-17,19H,18H2,1H3;4-15,17H,3,16H2,1-2H3/b2*29-25+;27-22+. The summed E-state index contributed by atoms with van der Waals surface area (Å²) in [6.45, 7) is 7.97. The van der Waals surface area contributed by atoms with E-state index in [1.54, 1.807) is 67.1 Å². The summed E-state index contributed by atoms with van der Waals surface area (Å²) >= 11 is 1.68. The number of thiophene rings is 1. The number of rotatable bonds is 18. The number of furan rings is 1. The number of fused-ring (bicyclic) bond motifs is 3. The Balaban J connectivity index is 0.000000138. The first-order valence-corrected chi connectivity index (χ1v) is 32.3. The van der Waals surface area contributed by atoms with Crippen molar-refractivity contribution in [3.63, 3.8) is 0 Å². The summed E-state index contributed by atoms with van der Waals surface area (Å²) < 4.78 is 11.8. The smallest absolute Gasteiger partial charge is 0.365 e. The fourth-order valence-electron chi connectivity index (χ4n) is 11.2. The minimum absolute atomic E-state index is 0.275. The van der Waals surface area contributed by atoms with Gasteiger partial charge in [-0.05, 0) is 132 Å². The van der Waals surface area contributed by atoms with Crippen molar-refractivity contribution in [2.45, 2.75) is 53.4 Å². The Morgan fingerprint density at radius 1 is 0.427 bits per heavy atom. The van der Waals surface area contributed by atoms with Crippen molar-refractivity contribution in [3.8, 4) is 16.7 Å². The van der Waals surface area contributed by atoms with Crippen molar-refractivity contribution in [2.75, 3.05) is 0 Å². The molecule has 0 aliphatic rings. The van der Waals surface area contributed by atoms with Gasteiger partial charge in [-0.3, -0.25) is 4.57 Å². The largest absolute Gasteiger partial charge is 0.448 e. The molecule has 14 rings (SSSR count). The number of hydrogen-bond donors (Lipinski definition) is 0. The number of nitrogens with zero attached hydrogens (tertiary/aromatic N) is 7. The normalized spacial score (nSPS) is 11.6. The summed E-state index contributed by atoms with van der Waals surface area (Å²) in [5, 5.41) is 19.3. The molecule has 14 nitrogen and oxygen atoms in total. The van der Waals surface area contributed by atoms with E-state index in [4.69, 9.17) is 18.9 Å². The molecule has 0 fully saturated rings. The topological polar surface area (TPSA) is 157 Å². The van der Waals surface area contributed by atoms with E-state index in [2.05, 4.69) is 124 Å². The van der Waals surface area contributed by atoms with Crippen molar-refractivity contribution in [3.05, 3.63) is 346 Å². The molecule has 96 heavy (non-hydrogen) atoms. The number of para-hydroxylation sites is 3. The van der Waals surface area contributed by atoms with Crippen molar-refractivity contribution in [1.82, 2.24) is 18.7 Å². The molecule has 0 bridgehead atoms. The van der Waals surface area contributed by atoms with Crippen LogP contribution in [0, 0.1) is 20.8 Å². The molecule has 0 aliphatic heterocycles. The summed E-state index contributed by atoms with van der Waals surface area (Å²) in [6.07, 6.45) is 11.4. The van der Waals surface area contributed by atoms with E-state index >= 15 is 0 Å². The quantitative estimate of drug-likeness (QED) is 0.0467. The molecule has 0 radical (unpaired) electrons. The molecule has 474 valence electrons. The van der Waals surface area contributed by atoms with Gasteiger partial charge >= 0.3 is 17.9 Å². The number of aromatic nitrogens is 4. The van der Waals surface area contributed by atoms with Crippen LogP contribution in [0.25, 0.3) is 49.4 Å². The molecule has 0 saturated heterocycles. The van der Waals surface area contributed by atoms with E-state index in [9.17, 15) is 14.4 Å². The number of oxime groups is 3. The predicted octanol–water partition coefficient (Wildman–Crippen LogP) is 18.4. The Labute approximate surface area is 559 Å². The van der Waals surface area contributed by atoms with Gasteiger partial charge in [0, 0.05) is 89.4 Å². The van der Waals surface area contributed by atoms with Crippen LogP contribution in [0.15, 0.2) is 305 Å². The Kier molecular flexibility index (Phi) is 20.4. The highest BCUT2D eigenvalue weighted by molar-refractivity contribution is 7.12. The van der Waals surface area contributed by atoms with Crippen LogP contribution >= 0.6 is 11.3 Å². The molecule has 0 N–H and O–H groups in total. The molecule has 14 aromatic rings. The predicted molar refractivity (Wildman–Crippen MR) is 382 cm³/mol. The number of hydrogen-bond acceptors (Lipinski definition) is 12. The van der Waals surface area contributed by atoms with E-state index in [-0.39, 0.29) is 12.4 Å². The van der Waals surface area contributed by atoms with E-state index in [1.807, 2.05) is 167 Å². The lowest BCUT2D eigenvalue weighted by atomic mass is 9.98.